The van der Waals surface area contributed by atoms with Gasteiger partial charge in [0.2, 0.25) is 0 Å². The molecule has 0 spiro atoms. The second kappa shape index (κ2) is 5.07. The van der Waals surface area contributed by atoms with Crippen LogP contribution in [-0.2, 0) is 9.53 Å². The van der Waals surface area contributed by atoms with Crippen molar-refractivity contribution in [1.82, 2.24) is 0 Å². The third-order valence-electron chi connectivity index (χ3n) is 2.24. The number of alkyl halides is 3. The highest BCUT2D eigenvalue weighted by Gasteiger charge is 2.43. The molecule has 1 atom stereocenters. The Hall–Kier alpha value is -0.780. The van der Waals surface area contributed by atoms with Crippen molar-refractivity contribution in [2.45, 2.75) is 39.0 Å². The van der Waals surface area contributed by atoms with Gasteiger partial charge in [0, 0.05) is 10.1 Å². The Labute approximate surface area is 112 Å². The largest absolute Gasteiger partial charge is 0.459 e. The molecule has 0 amide bonds. The Balaban J connectivity index is 2.96. The van der Waals surface area contributed by atoms with Gasteiger partial charge in [-0.05, 0) is 33.3 Å². The number of rotatable bonds is 1. The van der Waals surface area contributed by atoms with Crippen molar-refractivity contribution >= 4 is 21.9 Å². The Morgan fingerprint density at radius 2 is 1.94 bits per heavy atom. The van der Waals surface area contributed by atoms with Gasteiger partial charge in [-0.2, -0.15) is 13.2 Å². The van der Waals surface area contributed by atoms with E-state index in [1.807, 2.05) is 0 Å². The van der Waals surface area contributed by atoms with Crippen molar-refractivity contribution in [1.29, 1.82) is 0 Å². The SMILES string of the molecule is CC(C)(C)OC(=O)C1CC=C(Br)C=C1C(F)(F)F. The third kappa shape index (κ3) is 4.15. The van der Waals surface area contributed by atoms with Crippen LogP contribution in [0.5, 0.6) is 0 Å². The van der Waals surface area contributed by atoms with Crippen LogP contribution >= 0.6 is 15.9 Å². The minimum Gasteiger partial charge on any atom is -0.459 e. The molecule has 1 unspecified atom stereocenters. The van der Waals surface area contributed by atoms with E-state index in [0.717, 1.165) is 6.08 Å². The lowest BCUT2D eigenvalue weighted by Crippen LogP contribution is -2.33. The average Bonchev–Trinajstić information content (AvgIpc) is 2.13. The van der Waals surface area contributed by atoms with Crippen LogP contribution in [0.15, 0.2) is 22.2 Å². The molecule has 0 aromatic heterocycles. The Morgan fingerprint density at radius 3 is 2.39 bits per heavy atom. The molecule has 0 aromatic rings. The van der Waals surface area contributed by atoms with E-state index in [-0.39, 0.29) is 6.42 Å². The van der Waals surface area contributed by atoms with Crippen molar-refractivity contribution in [2.24, 2.45) is 5.92 Å². The number of carbonyl (C=O) groups excluding carboxylic acids is 1. The second-order valence-corrected chi connectivity index (χ2v) is 5.92. The van der Waals surface area contributed by atoms with E-state index in [1.165, 1.54) is 6.08 Å². The number of esters is 1. The molecule has 0 aliphatic heterocycles. The first-order chi connectivity index (χ1) is 8.00. The molecule has 0 fully saturated rings. The monoisotopic (exact) mass is 326 g/mol. The van der Waals surface area contributed by atoms with E-state index >= 15 is 0 Å². The number of halogens is 4. The van der Waals surface area contributed by atoms with Gasteiger partial charge in [-0.3, -0.25) is 4.79 Å². The van der Waals surface area contributed by atoms with Crippen LogP contribution in [0.3, 0.4) is 0 Å². The highest BCUT2D eigenvalue weighted by molar-refractivity contribution is 9.11. The molecule has 102 valence electrons. The highest BCUT2D eigenvalue weighted by Crippen LogP contribution is 2.39. The summed E-state index contributed by atoms with van der Waals surface area (Å²) in [5.74, 6) is -2.13. The topological polar surface area (TPSA) is 26.3 Å². The standard InChI is InChI=1S/C12H14BrF3O2/c1-11(2,3)18-10(17)8-5-4-7(13)6-9(8)12(14,15)16/h4,6,8H,5H2,1-3H3. The first-order valence-corrected chi connectivity index (χ1v) is 6.17. The van der Waals surface area contributed by atoms with Gasteiger partial charge in [0.25, 0.3) is 0 Å². The number of ether oxygens (including phenoxy) is 1. The van der Waals surface area contributed by atoms with Gasteiger partial charge in [-0.15, -0.1) is 0 Å². The van der Waals surface area contributed by atoms with Crippen molar-refractivity contribution in [2.75, 3.05) is 0 Å². The fourth-order valence-corrected chi connectivity index (χ4v) is 1.97. The number of carbonyl (C=O) groups is 1. The van der Waals surface area contributed by atoms with Crippen molar-refractivity contribution in [3.8, 4) is 0 Å². The molecule has 0 radical (unpaired) electrons. The van der Waals surface area contributed by atoms with E-state index < -0.39 is 29.2 Å². The maximum absolute atomic E-state index is 12.8. The normalized spacial score (nSPS) is 21.2. The maximum atomic E-state index is 12.8. The first-order valence-electron chi connectivity index (χ1n) is 5.38. The molecular weight excluding hydrogens is 313 g/mol. The number of allylic oxidation sites excluding steroid dienone is 3. The molecule has 1 rings (SSSR count). The van der Waals surface area contributed by atoms with Crippen molar-refractivity contribution in [3.05, 3.63) is 22.2 Å². The lowest BCUT2D eigenvalue weighted by atomic mass is 9.91. The maximum Gasteiger partial charge on any atom is 0.413 e. The average molecular weight is 327 g/mol. The molecule has 0 heterocycles. The third-order valence-corrected chi connectivity index (χ3v) is 2.79. The van der Waals surface area contributed by atoms with Crippen molar-refractivity contribution < 1.29 is 22.7 Å². The fourth-order valence-electron chi connectivity index (χ4n) is 1.54. The van der Waals surface area contributed by atoms with Crippen LogP contribution in [-0.4, -0.2) is 17.7 Å². The first kappa shape index (κ1) is 15.3. The summed E-state index contributed by atoms with van der Waals surface area (Å²) in [5.41, 5.74) is -1.67. The van der Waals surface area contributed by atoms with Gasteiger partial charge in [0.15, 0.2) is 0 Å². The van der Waals surface area contributed by atoms with Crippen LogP contribution in [0.2, 0.25) is 0 Å². The van der Waals surface area contributed by atoms with Crippen LogP contribution < -0.4 is 0 Å². The highest BCUT2D eigenvalue weighted by atomic mass is 79.9. The summed E-state index contributed by atoms with van der Waals surface area (Å²) >= 11 is 2.99. The summed E-state index contributed by atoms with van der Waals surface area (Å²) < 4.78 is 43.8. The van der Waals surface area contributed by atoms with E-state index in [0.29, 0.717) is 4.48 Å². The molecule has 18 heavy (non-hydrogen) atoms. The Kier molecular flexibility index (Phi) is 4.30. The zero-order chi connectivity index (χ0) is 14.1. The van der Waals surface area contributed by atoms with Gasteiger partial charge in [-0.1, -0.05) is 22.0 Å². The quantitative estimate of drug-likeness (QED) is 0.678. The summed E-state index contributed by atoms with van der Waals surface area (Å²) in [5, 5.41) is 0. The van der Waals surface area contributed by atoms with Gasteiger partial charge >= 0.3 is 12.1 Å². The Morgan fingerprint density at radius 1 is 1.39 bits per heavy atom. The summed E-state index contributed by atoms with van der Waals surface area (Å²) in [6.45, 7) is 4.86. The molecule has 0 saturated carbocycles. The summed E-state index contributed by atoms with van der Waals surface area (Å²) in [7, 11) is 0. The van der Waals surface area contributed by atoms with Crippen LogP contribution in [0.25, 0.3) is 0 Å². The molecular formula is C12H14BrF3O2. The lowest BCUT2D eigenvalue weighted by molar-refractivity contribution is -0.163. The van der Waals surface area contributed by atoms with Gasteiger partial charge in [0.1, 0.15) is 5.60 Å². The predicted molar refractivity (Wildman–Crippen MR) is 65.1 cm³/mol. The van der Waals surface area contributed by atoms with Crippen LogP contribution in [0, 0.1) is 5.92 Å². The van der Waals surface area contributed by atoms with Crippen molar-refractivity contribution in [3.63, 3.8) is 0 Å². The summed E-state index contributed by atoms with van der Waals surface area (Å²) in [4.78, 5) is 11.8. The molecule has 1 aliphatic carbocycles. The second-order valence-electron chi connectivity index (χ2n) is 5.01. The minimum atomic E-state index is -4.53. The van der Waals surface area contributed by atoms with Crippen LogP contribution in [0.4, 0.5) is 13.2 Å². The van der Waals surface area contributed by atoms with Gasteiger partial charge in [0.05, 0.1) is 5.92 Å². The van der Waals surface area contributed by atoms with Crippen LogP contribution in [0.1, 0.15) is 27.2 Å². The zero-order valence-electron chi connectivity index (χ0n) is 10.3. The molecule has 0 aromatic carbocycles. The van der Waals surface area contributed by atoms with Gasteiger partial charge in [-0.25, -0.2) is 0 Å². The van der Waals surface area contributed by atoms with E-state index in [2.05, 4.69) is 15.9 Å². The fraction of sp³-hybridized carbons (Fsp3) is 0.583. The molecule has 2 nitrogen and oxygen atoms in total. The molecule has 0 N–H and O–H groups in total. The predicted octanol–water partition coefficient (Wildman–Crippen LogP) is 4.12. The Bertz CT molecular complexity index is 403. The van der Waals surface area contributed by atoms with Gasteiger partial charge < -0.3 is 4.74 Å². The zero-order valence-corrected chi connectivity index (χ0v) is 11.9. The van der Waals surface area contributed by atoms with E-state index in [1.54, 1.807) is 20.8 Å². The molecule has 1 aliphatic rings. The molecule has 6 heteroatoms. The number of hydrogen-bond acceptors (Lipinski definition) is 2. The smallest absolute Gasteiger partial charge is 0.413 e. The lowest BCUT2D eigenvalue weighted by Gasteiger charge is -2.27. The number of hydrogen-bond donors (Lipinski definition) is 0. The minimum absolute atomic E-state index is 0.0131. The van der Waals surface area contributed by atoms with E-state index in [4.69, 9.17) is 4.74 Å². The molecule has 0 bridgehead atoms. The van der Waals surface area contributed by atoms with E-state index in [9.17, 15) is 18.0 Å². The summed E-state index contributed by atoms with van der Waals surface area (Å²) in [6.07, 6.45) is -2.09. The molecule has 0 saturated heterocycles. The summed E-state index contributed by atoms with van der Waals surface area (Å²) in [6, 6.07) is 0.